The molecular weight excluding hydrogens is 490 g/mol. The number of carbonyl (C=O) groups is 1. The Balaban J connectivity index is 1.57. The van der Waals surface area contributed by atoms with E-state index in [0.29, 0.717) is 32.4 Å². The predicted molar refractivity (Wildman–Crippen MR) is 148 cm³/mol. The Hall–Kier alpha value is -3.09. The number of thioether (sulfide) groups is 1. The lowest BCUT2D eigenvalue weighted by Gasteiger charge is -2.16. The summed E-state index contributed by atoms with van der Waals surface area (Å²) in [5, 5.41) is 4.88. The van der Waals surface area contributed by atoms with Crippen LogP contribution in [-0.4, -0.2) is 21.5 Å². The van der Waals surface area contributed by atoms with E-state index < -0.39 is 0 Å². The van der Waals surface area contributed by atoms with Gasteiger partial charge in [0.15, 0.2) is 5.16 Å². The third kappa shape index (κ3) is 5.35. The van der Waals surface area contributed by atoms with Crippen molar-refractivity contribution in [3.05, 3.63) is 98.3 Å². The molecular formula is C29H28ClN3O2S. The zero-order chi connectivity index (χ0) is 25.2. The Morgan fingerprint density at radius 1 is 1.03 bits per heavy atom. The van der Waals surface area contributed by atoms with Crippen molar-refractivity contribution in [1.82, 2.24) is 14.9 Å². The fourth-order valence-electron chi connectivity index (χ4n) is 4.78. The predicted octanol–water partition coefficient (Wildman–Crippen LogP) is 6.62. The van der Waals surface area contributed by atoms with Gasteiger partial charge in [0, 0.05) is 22.4 Å². The Morgan fingerprint density at radius 2 is 1.72 bits per heavy atom. The third-order valence-corrected chi connectivity index (χ3v) is 7.80. The first-order chi connectivity index (χ1) is 17.4. The topological polar surface area (TPSA) is 64.0 Å². The van der Waals surface area contributed by atoms with Crippen LogP contribution in [0.15, 0.2) is 70.6 Å². The molecule has 0 spiro atoms. The summed E-state index contributed by atoms with van der Waals surface area (Å²) in [5.41, 5.74) is 4.92. The number of aryl methyl sites for hydroxylation is 2. The fraction of sp³-hybridized carbons (Fsp3) is 0.276. The standard InChI is InChI=1S/C29H28ClN3O2S/c1-18-13-19(2)15-24(14-18)33-28(35)25-12-9-21(27(34)31-23-5-3-4-6-23)16-26(25)32-29(33)36-17-20-7-10-22(30)11-8-20/h7-16,23H,3-6,17H2,1-2H3,(H,31,34). The van der Waals surface area contributed by atoms with E-state index >= 15 is 0 Å². The maximum absolute atomic E-state index is 13.8. The van der Waals surface area contributed by atoms with Gasteiger partial charge in [-0.25, -0.2) is 4.98 Å². The molecule has 1 heterocycles. The van der Waals surface area contributed by atoms with Gasteiger partial charge >= 0.3 is 0 Å². The lowest BCUT2D eigenvalue weighted by atomic mass is 10.1. The second kappa shape index (κ2) is 10.5. The van der Waals surface area contributed by atoms with Crippen molar-refractivity contribution in [2.45, 2.75) is 56.5 Å². The summed E-state index contributed by atoms with van der Waals surface area (Å²) in [6.07, 6.45) is 4.33. The Kier molecular flexibility index (Phi) is 7.17. The van der Waals surface area contributed by atoms with E-state index in [4.69, 9.17) is 16.6 Å². The molecule has 1 N–H and O–H groups in total. The van der Waals surface area contributed by atoms with Gasteiger partial charge in [-0.15, -0.1) is 0 Å². The van der Waals surface area contributed by atoms with Crippen LogP contribution < -0.4 is 10.9 Å². The average Bonchev–Trinajstić information content (AvgIpc) is 3.36. The van der Waals surface area contributed by atoms with Gasteiger partial charge in [0.05, 0.1) is 16.6 Å². The van der Waals surface area contributed by atoms with Gasteiger partial charge in [-0.3, -0.25) is 14.2 Å². The lowest BCUT2D eigenvalue weighted by molar-refractivity contribution is 0.0938. The van der Waals surface area contributed by atoms with Crippen LogP contribution in [0.3, 0.4) is 0 Å². The highest BCUT2D eigenvalue weighted by Gasteiger charge is 2.20. The monoisotopic (exact) mass is 517 g/mol. The summed E-state index contributed by atoms with van der Waals surface area (Å²) in [6.45, 7) is 4.04. The molecule has 1 aliphatic rings. The molecule has 1 aliphatic carbocycles. The van der Waals surface area contributed by atoms with Crippen molar-refractivity contribution >= 4 is 40.2 Å². The summed E-state index contributed by atoms with van der Waals surface area (Å²) in [7, 11) is 0. The van der Waals surface area contributed by atoms with Crippen LogP contribution >= 0.6 is 23.4 Å². The molecule has 0 bridgehead atoms. The minimum Gasteiger partial charge on any atom is -0.349 e. The van der Waals surface area contributed by atoms with Gasteiger partial charge < -0.3 is 5.32 Å². The number of amides is 1. The molecule has 1 saturated carbocycles. The molecule has 3 aromatic carbocycles. The molecule has 0 unspecified atom stereocenters. The van der Waals surface area contributed by atoms with E-state index in [9.17, 15) is 9.59 Å². The number of rotatable bonds is 6. The second-order valence-corrected chi connectivity index (χ2v) is 10.9. The number of nitrogens with zero attached hydrogens (tertiary/aromatic N) is 2. The molecule has 4 aromatic rings. The molecule has 0 saturated heterocycles. The third-order valence-electron chi connectivity index (χ3n) is 6.54. The van der Waals surface area contributed by atoms with Crippen molar-refractivity contribution in [3.63, 3.8) is 0 Å². The number of halogens is 1. The summed E-state index contributed by atoms with van der Waals surface area (Å²) in [6, 6.07) is 19.2. The summed E-state index contributed by atoms with van der Waals surface area (Å²) >= 11 is 7.54. The van der Waals surface area contributed by atoms with Crippen molar-refractivity contribution < 1.29 is 4.79 Å². The summed E-state index contributed by atoms with van der Waals surface area (Å²) in [5.74, 6) is 0.515. The van der Waals surface area contributed by atoms with Gasteiger partial charge in [0.2, 0.25) is 0 Å². The molecule has 184 valence electrons. The van der Waals surface area contributed by atoms with Crippen LogP contribution in [0.4, 0.5) is 0 Å². The van der Waals surface area contributed by atoms with Crippen molar-refractivity contribution in [2.75, 3.05) is 0 Å². The molecule has 5 rings (SSSR count). The quantitative estimate of drug-likeness (QED) is 0.230. The highest BCUT2D eigenvalue weighted by atomic mass is 35.5. The van der Waals surface area contributed by atoms with Crippen LogP contribution in [0.1, 0.15) is 52.7 Å². The minimum atomic E-state index is -0.147. The number of aromatic nitrogens is 2. The zero-order valence-electron chi connectivity index (χ0n) is 20.4. The minimum absolute atomic E-state index is 0.112. The first kappa shape index (κ1) is 24.6. The molecule has 0 atom stereocenters. The van der Waals surface area contributed by atoms with E-state index in [0.717, 1.165) is 48.1 Å². The Labute approximate surface area is 219 Å². The molecule has 1 amide bonds. The highest BCUT2D eigenvalue weighted by molar-refractivity contribution is 7.98. The molecule has 1 aromatic heterocycles. The molecule has 7 heteroatoms. The Bertz CT molecular complexity index is 1470. The van der Waals surface area contributed by atoms with Crippen LogP contribution in [0.25, 0.3) is 16.6 Å². The van der Waals surface area contributed by atoms with Gasteiger partial charge in [-0.05, 0) is 85.8 Å². The van der Waals surface area contributed by atoms with Crippen LogP contribution in [-0.2, 0) is 5.75 Å². The highest BCUT2D eigenvalue weighted by Crippen LogP contribution is 2.27. The maximum atomic E-state index is 13.8. The van der Waals surface area contributed by atoms with Gasteiger partial charge in [0.25, 0.3) is 11.5 Å². The van der Waals surface area contributed by atoms with Crippen LogP contribution in [0.5, 0.6) is 0 Å². The number of benzene rings is 3. The zero-order valence-corrected chi connectivity index (χ0v) is 22.0. The first-order valence-electron chi connectivity index (χ1n) is 12.2. The molecule has 0 radical (unpaired) electrons. The molecule has 1 fully saturated rings. The second-order valence-electron chi connectivity index (χ2n) is 9.48. The SMILES string of the molecule is Cc1cc(C)cc(-n2c(SCc3ccc(Cl)cc3)nc3cc(C(=O)NC4CCCC4)ccc3c2=O)c1. The van der Waals surface area contributed by atoms with E-state index in [2.05, 4.69) is 11.4 Å². The van der Waals surface area contributed by atoms with E-state index in [1.807, 2.05) is 50.2 Å². The fourth-order valence-corrected chi connectivity index (χ4v) is 5.87. The number of hydrogen-bond donors (Lipinski definition) is 1. The number of carbonyl (C=O) groups excluding carboxylic acids is 1. The van der Waals surface area contributed by atoms with Gasteiger partial charge in [-0.2, -0.15) is 0 Å². The van der Waals surface area contributed by atoms with Crippen molar-refractivity contribution in [3.8, 4) is 5.69 Å². The molecule has 0 aliphatic heterocycles. The molecule has 36 heavy (non-hydrogen) atoms. The van der Waals surface area contributed by atoms with Crippen molar-refractivity contribution in [2.24, 2.45) is 0 Å². The number of nitrogens with one attached hydrogen (secondary N) is 1. The Morgan fingerprint density at radius 3 is 2.42 bits per heavy atom. The van der Waals surface area contributed by atoms with Crippen molar-refractivity contribution in [1.29, 1.82) is 0 Å². The van der Waals surface area contributed by atoms with E-state index in [1.165, 1.54) is 11.8 Å². The van der Waals surface area contributed by atoms with Crippen LogP contribution in [0, 0.1) is 13.8 Å². The van der Waals surface area contributed by atoms with Gasteiger partial charge in [-0.1, -0.05) is 54.4 Å². The van der Waals surface area contributed by atoms with E-state index in [1.54, 1.807) is 22.8 Å². The summed E-state index contributed by atoms with van der Waals surface area (Å²) in [4.78, 5) is 31.6. The van der Waals surface area contributed by atoms with Gasteiger partial charge in [0.1, 0.15) is 0 Å². The van der Waals surface area contributed by atoms with Crippen LogP contribution in [0.2, 0.25) is 5.02 Å². The average molecular weight is 518 g/mol. The van der Waals surface area contributed by atoms with E-state index in [-0.39, 0.29) is 17.5 Å². The first-order valence-corrected chi connectivity index (χ1v) is 13.6. The maximum Gasteiger partial charge on any atom is 0.266 e. The molecule has 5 nitrogen and oxygen atoms in total. The largest absolute Gasteiger partial charge is 0.349 e. The number of hydrogen-bond acceptors (Lipinski definition) is 4. The number of fused-ring (bicyclic) bond motifs is 1. The lowest BCUT2D eigenvalue weighted by Crippen LogP contribution is -2.32. The summed E-state index contributed by atoms with van der Waals surface area (Å²) < 4.78 is 1.68. The normalized spacial score (nSPS) is 13.9. The smallest absolute Gasteiger partial charge is 0.266 e.